The third kappa shape index (κ3) is 3.88. The predicted octanol–water partition coefficient (Wildman–Crippen LogP) is 4.57. The maximum atomic E-state index is 12.8. The lowest BCUT2D eigenvalue weighted by atomic mass is 10.1. The number of aryl methyl sites for hydroxylation is 1. The number of amidine groups is 1. The van der Waals surface area contributed by atoms with Crippen LogP contribution in [0.5, 0.6) is 0 Å². The van der Waals surface area contributed by atoms with Crippen molar-refractivity contribution in [1.82, 2.24) is 0 Å². The maximum absolute atomic E-state index is 12.8. The number of thioether (sulfide) groups is 1. The number of carbonyl (C=O) groups is 1. The summed E-state index contributed by atoms with van der Waals surface area (Å²) >= 11 is 1.72. The molecule has 124 valence electrons. The average molecular weight is 338 g/mol. The summed E-state index contributed by atoms with van der Waals surface area (Å²) < 4.78 is 0. The Labute approximate surface area is 147 Å². The molecule has 0 bridgehead atoms. The SMILES string of the molecule is Cc1ccc(C(=O)CN(C2=NC(C)(C)CS2)c2ccccc2)cc1. The number of rotatable bonds is 4. The van der Waals surface area contributed by atoms with E-state index in [1.165, 1.54) is 0 Å². The zero-order chi connectivity index (χ0) is 17.2. The predicted molar refractivity (Wildman–Crippen MR) is 103 cm³/mol. The van der Waals surface area contributed by atoms with Crippen LogP contribution < -0.4 is 4.90 Å². The number of hydrogen-bond donors (Lipinski definition) is 0. The van der Waals surface area contributed by atoms with Gasteiger partial charge < -0.3 is 4.90 Å². The molecule has 24 heavy (non-hydrogen) atoms. The number of benzene rings is 2. The fourth-order valence-electron chi connectivity index (χ4n) is 2.55. The molecule has 0 fully saturated rings. The summed E-state index contributed by atoms with van der Waals surface area (Å²) in [5, 5.41) is 0.923. The number of aliphatic imine (C=N–C) groups is 1. The van der Waals surface area contributed by atoms with Gasteiger partial charge in [-0.2, -0.15) is 0 Å². The molecule has 0 saturated carbocycles. The molecule has 1 aliphatic heterocycles. The monoisotopic (exact) mass is 338 g/mol. The summed E-state index contributed by atoms with van der Waals surface area (Å²) in [4.78, 5) is 19.6. The number of anilines is 1. The molecule has 0 aromatic heterocycles. The molecule has 2 aromatic carbocycles. The van der Waals surface area contributed by atoms with Gasteiger partial charge in [0.2, 0.25) is 0 Å². The van der Waals surface area contributed by atoms with Gasteiger partial charge in [0.25, 0.3) is 0 Å². The van der Waals surface area contributed by atoms with Crippen LogP contribution in [-0.4, -0.2) is 28.8 Å². The molecule has 2 aromatic rings. The van der Waals surface area contributed by atoms with E-state index < -0.39 is 0 Å². The van der Waals surface area contributed by atoms with Crippen LogP contribution in [0.3, 0.4) is 0 Å². The number of nitrogens with zero attached hydrogens (tertiary/aromatic N) is 2. The second-order valence-electron chi connectivity index (χ2n) is 6.71. The third-order valence-electron chi connectivity index (χ3n) is 3.93. The molecule has 3 rings (SSSR count). The summed E-state index contributed by atoms with van der Waals surface area (Å²) in [6, 6.07) is 17.8. The van der Waals surface area contributed by atoms with Crippen LogP contribution in [0.15, 0.2) is 59.6 Å². The molecular formula is C20H22N2OS. The summed E-state index contributed by atoms with van der Waals surface area (Å²) in [6.45, 7) is 6.57. The van der Waals surface area contributed by atoms with E-state index in [-0.39, 0.29) is 11.3 Å². The highest BCUT2D eigenvalue weighted by molar-refractivity contribution is 8.14. The van der Waals surface area contributed by atoms with Crippen molar-refractivity contribution in [1.29, 1.82) is 0 Å². The summed E-state index contributed by atoms with van der Waals surface area (Å²) in [5.74, 6) is 1.04. The Balaban J connectivity index is 1.88. The van der Waals surface area contributed by atoms with Crippen molar-refractivity contribution in [2.75, 3.05) is 17.2 Å². The Morgan fingerprint density at radius 2 is 1.79 bits per heavy atom. The fourth-order valence-corrected chi connectivity index (χ4v) is 3.74. The molecule has 0 unspecified atom stereocenters. The average Bonchev–Trinajstić information content (AvgIpc) is 2.93. The molecule has 4 heteroatoms. The summed E-state index contributed by atoms with van der Waals surface area (Å²) in [5.41, 5.74) is 2.81. The van der Waals surface area contributed by atoms with Crippen LogP contribution in [0, 0.1) is 6.92 Å². The van der Waals surface area contributed by atoms with Crippen molar-refractivity contribution < 1.29 is 4.79 Å². The first-order valence-electron chi connectivity index (χ1n) is 8.10. The van der Waals surface area contributed by atoms with Crippen LogP contribution in [0.1, 0.15) is 29.8 Å². The van der Waals surface area contributed by atoms with Crippen molar-refractivity contribution >= 4 is 28.4 Å². The van der Waals surface area contributed by atoms with E-state index in [1.807, 2.05) is 66.4 Å². The van der Waals surface area contributed by atoms with Crippen molar-refractivity contribution in [3.05, 3.63) is 65.7 Å². The lowest BCUT2D eigenvalue weighted by molar-refractivity contribution is 0.100. The minimum Gasteiger partial charge on any atom is -0.313 e. The lowest BCUT2D eigenvalue weighted by Gasteiger charge is -2.23. The second-order valence-corrected chi connectivity index (χ2v) is 7.65. The number of para-hydroxylation sites is 1. The maximum Gasteiger partial charge on any atom is 0.182 e. The largest absolute Gasteiger partial charge is 0.313 e. The van der Waals surface area contributed by atoms with Crippen LogP contribution in [0.2, 0.25) is 0 Å². The van der Waals surface area contributed by atoms with Gasteiger partial charge in [-0.1, -0.05) is 59.8 Å². The highest BCUT2D eigenvalue weighted by Crippen LogP contribution is 2.31. The highest BCUT2D eigenvalue weighted by Gasteiger charge is 2.30. The van der Waals surface area contributed by atoms with Crippen LogP contribution in [-0.2, 0) is 0 Å². The van der Waals surface area contributed by atoms with Gasteiger partial charge in [0.1, 0.15) is 0 Å². The molecule has 3 nitrogen and oxygen atoms in total. The molecule has 0 atom stereocenters. The number of hydrogen-bond acceptors (Lipinski definition) is 4. The van der Waals surface area contributed by atoms with Gasteiger partial charge >= 0.3 is 0 Å². The topological polar surface area (TPSA) is 32.7 Å². The summed E-state index contributed by atoms with van der Waals surface area (Å²) in [7, 11) is 0. The molecule has 0 aliphatic carbocycles. The number of carbonyl (C=O) groups excluding carboxylic acids is 1. The van der Waals surface area contributed by atoms with E-state index in [2.05, 4.69) is 13.8 Å². The van der Waals surface area contributed by atoms with E-state index in [0.29, 0.717) is 6.54 Å². The van der Waals surface area contributed by atoms with Gasteiger partial charge in [0.15, 0.2) is 11.0 Å². The van der Waals surface area contributed by atoms with Gasteiger partial charge in [0.05, 0.1) is 12.1 Å². The van der Waals surface area contributed by atoms with Gasteiger partial charge in [-0.05, 0) is 32.9 Å². The first-order chi connectivity index (χ1) is 11.4. The van der Waals surface area contributed by atoms with Crippen molar-refractivity contribution in [2.24, 2.45) is 4.99 Å². The zero-order valence-electron chi connectivity index (χ0n) is 14.3. The zero-order valence-corrected chi connectivity index (χ0v) is 15.1. The standard InChI is InChI=1S/C20H22N2OS/c1-15-9-11-16(12-10-15)18(23)13-22(17-7-5-4-6-8-17)19-21-20(2,3)14-24-19/h4-12H,13-14H2,1-3H3. The van der Waals surface area contributed by atoms with Crippen molar-refractivity contribution in [2.45, 2.75) is 26.3 Å². The molecule has 0 N–H and O–H groups in total. The Morgan fingerprint density at radius 3 is 2.38 bits per heavy atom. The van der Waals surface area contributed by atoms with E-state index in [9.17, 15) is 4.79 Å². The molecule has 0 amide bonds. The summed E-state index contributed by atoms with van der Waals surface area (Å²) in [6.07, 6.45) is 0. The van der Waals surface area contributed by atoms with E-state index in [0.717, 1.165) is 27.7 Å². The van der Waals surface area contributed by atoms with E-state index in [1.54, 1.807) is 11.8 Å². The third-order valence-corrected chi connectivity index (χ3v) is 5.35. The Hall–Kier alpha value is -2.07. The first kappa shape index (κ1) is 16.8. The van der Waals surface area contributed by atoms with Crippen LogP contribution in [0.4, 0.5) is 5.69 Å². The van der Waals surface area contributed by atoms with Gasteiger partial charge in [0, 0.05) is 17.0 Å². The van der Waals surface area contributed by atoms with Crippen molar-refractivity contribution in [3.8, 4) is 0 Å². The van der Waals surface area contributed by atoms with Gasteiger partial charge in [-0.25, -0.2) is 0 Å². The quantitative estimate of drug-likeness (QED) is 0.766. The minimum absolute atomic E-state index is 0.0834. The van der Waals surface area contributed by atoms with Crippen LogP contribution in [0.25, 0.3) is 0 Å². The lowest BCUT2D eigenvalue weighted by Crippen LogP contribution is -2.33. The number of Topliss-reactive ketones (excluding diaryl/α,β-unsaturated/α-hetero) is 1. The normalized spacial score (nSPS) is 15.9. The fraction of sp³-hybridized carbons (Fsp3) is 0.300. The smallest absolute Gasteiger partial charge is 0.182 e. The first-order valence-corrected chi connectivity index (χ1v) is 9.08. The number of ketones is 1. The van der Waals surface area contributed by atoms with Crippen LogP contribution >= 0.6 is 11.8 Å². The Bertz CT molecular complexity index is 751. The van der Waals surface area contributed by atoms with Gasteiger partial charge in [-0.3, -0.25) is 9.79 Å². The molecular weight excluding hydrogens is 316 g/mol. The van der Waals surface area contributed by atoms with Crippen molar-refractivity contribution in [3.63, 3.8) is 0 Å². The van der Waals surface area contributed by atoms with Gasteiger partial charge in [-0.15, -0.1) is 0 Å². The second kappa shape index (κ2) is 6.81. The molecule has 0 spiro atoms. The van der Waals surface area contributed by atoms with E-state index in [4.69, 9.17) is 4.99 Å². The minimum atomic E-state index is -0.0834. The molecule has 0 radical (unpaired) electrons. The molecule has 1 heterocycles. The van der Waals surface area contributed by atoms with E-state index >= 15 is 0 Å². The molecule has 1 aliphatic rings. The molecule has 0 saturated heterocycles. The Kier molecular flexibility index (Phi) is 4.76. The Morgan fingerprint density at radius 1 is 1.12 bits per heavy atom. The highest BCUT2D eigenvalue weighted by atomic mass is 32.2.